The first-order valence-electron chi connectivity index (χ1n) is 6.27. The van der Waals surface area contributed by atoms with Crippen LogP contribution in [0.2, 0.25) is 0 Å². The molecule has 2 N–H and O–H groups in total. The SMILES string of the molecule is NC12CC3C[C@H](C1)C1(OCCO1)[C@@H](C3)C2. The lowest BCUT2D eigenvalue weighted by atomic mass is 9.50. The standard InChI is InChI=1S/C12H19NO2/c13-11-5-8-3-9(6-11)12(10(4-8)7-11)14-1-2-15-12/h8-10H,1-7,13H2/t8?,9-,10+,11?. The van der Waals surface area contributed by atoms with E-state index in [9.17, 15) is 0 Å². The Morgan fingerprint density at radius 1 is 0.933 bits per heavy atom. The second-order valence-corrected chi connectivity index (χ2v) is 6.12. The zero-order valence-corrected chi connectivity index (χ0v) is 9.08. The molecule has 84 valence electrons. The summed E-state index contributed by atoms with van der Waals surface area (Å²) in [7, 11) is 0. The highest BCUT2D eigenvalue weighted by Gasteiger charge is 2.63. The number of hydrogen-bond donors (Lipinski definition) is 1. The van der Waals surface area contributed by atoms with E-state index in [1.807, 2.05) is 0 Å². The van der Waals surface area contributed by atoms with Gasteiger partial charge in [-0.25, -0.2) is 0 Å². The molecule has 0 aromatic rings. The van der Waals surface area contributed by atoms with Crippen molar-refractivity contribution in [2.75, 3.05) is 13.2 Å². The van der Waals surface area contributed by atoms with Crippen LogP contribution in [0.4, 0.5) is 0 Å². The van der Waals surface area contributed by atoms with Gasteiger partial charge in [0.15, 0.2) is 5.79 Å². The molecule has 1 spiro atoms. The summed E-state index contributed by atoms with van der Waals surface area (Å²) < 4.78 is 12.0. The van der Waals surface area contributed by atoms with Crippen molar-refractivity contribution in [2.45, 2.75) is 43.4 Å². The minimum Gasteiger partial charge on any atom is -0.347 e. The normalized spacial score (nSPS) is 55.4. The van der Waals surface area contributed by atoms with E-state index in [4.69, 9.17) is 15.2 Å². The zero-order chi connectivity index (χ0) is 10.1. The molecule has 4 saturated carbocycles. The van der Waals surface area contributed by atoms with Crippen LogP contribution in [0.15, 0.2) is 0 Å². The van der Waals surface area contributed by atoms with E-state index in [1.165, 1.54) is 19.3 Å². The highest BCUT2D eigenvalue weighted by molar-refractivity contribution is 5.12. The fourth-order valence-corrected chi connectivity index (χ4v) is 4.90. The van der Waals surface area contributed by atoms with E-state index >= 15 is 0 Å². The van der Waals surface area contributed by atoms with E-state index in [0.717, 1.165) is 32.0 Å². The van der Waals surface area contributed by atoms with E-state index < -0.39 is 0 Å². The van der Waals surface area contributed by atoms with Crippen LogP contribution in [0.3, 0.4) is 0 Å². The molecule has 5 aliphatic rings. The summed E-state index contributed by atoms with van der Waals surface area (Å²) in [6, 6.07) is 0. The summed E-state index contributed by atoms with van der Waals surface area (Å²) in [5, 5.41) is 0. The molecule has 0 amide bonds. The number of ether oxygens (including phenoxy) is 2. The van der Waals surface area contributed by atoms with Crippen molar-refractivity contribution in [3.8, 4) is 0 Å². The molecule has 5 rings (SSSR count). The number of nitrogens with two attached hydrogens (primary N) is 1. The lowest BCUT2D eigenvalue weighted by Gasteiger charge is -2.61. The van der Waals surface area contributed by atoms with E-state index in [2.05, 4.69) is 0 Å². The summed E-state index contributed by atoms with van der Waals surface area (Å²) >= 11 is 0. The van der Waals surface area contributed by atoms with Crippen molar-refractivity contribution in [2.24, 2.45) is 23.5 Å². The molecule has 4 atom stereocenters. The molecule has 1 aliphatic heterocycles. The van der Waals surface area contributed by atoms with Gasteiger partial charge < -0.3 is 15.2 Å². The maximum Gasteiger partial charge on any atom is 0.174 e. The molecule has 15 heavy (non-hydrogen) atoms. The number of rotatable bonds is 0. The minimum atomic E-state index is -0.209. The first-order chi connectivity index (χ1) is 7.20. The molecule has 2 unspecified atom stereocenters. The molecule has 1 saturated heterocycles. The summed E-state index contributed by atoms with van der Waals surface area (Å²) in [6.45, 7) is 1.57. The molecule has 3 heteroatoms. The van der Waals surface area contributed by atoms with Crippen molar-refractivity contribution in [1.82, 2.24) is 0 Å². The fourth-order valence-electron chi connectivity index (χ4n) is 4.90. The molecule has 3 nitrogen and oxygen atoms in total. The van der Waals surface area contributed by atoms with Crippen molar-refractivity contribution in [1.29, 1.82) is 0 Å². The highest BCUT2D eigenvalue weighted by Crippen LogP contribution is 2.61. The van der Waals surface area contributed by atoms with E-state index in [0.29, 0.717) is 11.8 Å². The van der Waals surface area contributed by atoms with Crippen molar-refractivity contribution in [3.63, 3.8) is 0 Å². The lowest BCUT2D eigenvalue weighted by molar-refractivity contribution is -0.290. The van der Waals surface area contributed by atoms with Gasteiger partial charge in [-0.2, -0.15) is 0 Å². The van der Waals surface area contributed by atoms with E-state index in [-0.39, 0.29) is 11.3 Å². The van der Waals surface area contributed by atoms with Gasteiger partial charge in [0.2, 0.25) is 0 Å². The molecule has 0 radical (unpaired) electrons. The molecule has 4 aliphatic carbocycles. The van der Waals surface area contributed by atoms with Crippen molar-refractivity contribution < 1.29 is 9.47 Å². The summed E-state index contributed by atoms with van der Waals surface area (Å²) in [5.41, 5.74) is 6.58. The van der Waals surface area contributed by atoms with Crippen molar-refractivity contribution in [3.05, 3.63) is 0 Å². The maximum atomic E-state index is 6.46. The summed E-state index contributed by atoms with van der Waals surface area (Å²) in [6.07, 6.45) is 6.07. The first-order valence-corrected chi connectivity index (χ1v) is 6.27. The van der Waals surface area contributed by atoms with Gasteiger partial charge in [0.05, 0.1) is 13.2 Å². The molecule has 4 bridgehead atoms. The van der Waals surface area contributed by atoms with Gasteiger partial charge in [0, 0.05) is 17.4 Å². The third kappa shape index (κ3) is 1.02. The van der Waals surface area contributed by atoms with Crippen LogP contribution < -0.4 is 5.73 Å². The first kappa shape index (κ1) is 8.97. The van der Waals surface area contributed by atoms with Gasteiger partial charge in [0.1, 0.15) is 0 Å². The second kappa shape index (κ2) is 2.58. The van der Waals surface area contributed by atoms with Crippen LogP contribution in [-0.4, -0.2) is 24.5 Å². The monoisotopic (exact) mass is 209 g/mol. The second-order valence-electron chi connectivity index (χ2n) is 6.12. The third-order valence-corrected chi connectivity index (χ3v) is 5.11. The largest absolute Gasteiger partial charge is 0.347 e. The Kier molecular flexibility index (Phi) is 1.54. The smallest absolute Gasteiger partial charge is 0.174 e. The van der Waals surface area contributed by atoms with Crippen LogP contribution in [0.25, 0.3) is 0 Å². The van der Waals surface area contributed by atoms with Crippen LogP contribution >= 0.6 is 0 Å². The Labute approximate surface area is 90.3 Å². The minimum absolute atomic E-state index is 0.122. The predicted octanol–water partition coefficient (Wildman–Crippen LogP) is 1.27. The van der Waals surface area contributed by atoms with Gasteiger partial charge in [-0.05, 0) is 38.0 Å². The fraction of sp³-hybridized carbons (Fsp3) is 1.00. The number of hydrogen-bond acceptors (Lipinski definition) is 3. The van der Waals surface area contributed by atoms with Crippen LogP contribution in [-0.2, 0) is 9.47 Å². The Balaban J connectivity index is 1.75. The van der Waals surface area contributed by atoms with Gasteiger partial charge in [-0.1, -0.05) is 0 Å². The Morgan fingerprint density at radius 2 is 1.53 bits per heavy atom. The summed E-state index contributed by atoms with van der Waals surface area (Å²) in [4.78, 5) is 0. The van der Waals surface area contributed by atoms with E-state index in [1.54, 1.807) is 0 Å². The molecular formula is C12H19NO2. The maximum absolute atomic E-state index is 6.46. The molecule has 0 aromatic heterocycles. The van der Waals surface area contributed by atoms with Gasteiger partial charge in [-0.15, -0.1) is 0 Å². The Hall–Kier alpha value is -0.120. The van der Waals surface area contributed by atoms with Gasteiger partial charge >= 0.3 is 0 Å². The van der Waals surface area contributed by atoms with Crippen LogP contribution in [0, 0.1) is 17.8 Å². The average molecular weight is 209 g/mol. The molecule has 5 fully saturated rings. The van der Waals surface area contributed by atoms with Crippen LogP contribution in [0.5, 0.6) is 0 Å². The van der Waals surface area contributed by atoms with Gasteiger partial charge in [-0.3, -0.25) is 0 Å². The molecule has 0 aromatic carbocycles. The van der Waals surface area contributed by atoms with Crippen LogP contribution in [0.1, 0.15) is 32.1 Å². The molecular weight excluding hydrogens is 190 g/mol. The predicted molar refractivity (Wildman–Crippen MR) is 55.1 cm³/mol. The zero-order valence-electron chi connectivity index (χ0n) is 9.08. The average Bonchev–Trinajstić information content (AvgIpc) is 2.61. The third-order valence-electron chi connectivity index (χ3n) is 5.11. The Bertz CT molecular complexity index is 280. The van der Waals surface area contributed by atoms with Gasteiger partial charge in [0.25, 0.3) is 0 Å². The quantitative estimate of drug-likeness (QED) is 0.653. The Morgan fingerprint density at radius 3 is 2.07 bits per heavy atom. The molecule has 1 heterocycles. The van der Waals surface area contributed by atoms with Crippen molar-refractivity contribution >= 4 is 0 Å². The topological polar surface area (TPSA) is 44.5 Å². The summed E-state index contributed by atoms with van der Waals surface area (Å²) in [5.74, 6) is 1.80. The highest BCUT2D eigenvalue weighted by atomic mass is 16.7. The lowest BCUT2D eigenvalue weighted by Crippen LogP contribution is -2.66.